The second-order valence-electron chi connectivity index (χ2n) is 5.00. The van der Waals surface area contributed by atoms with E-state index >= 15 is 0 Å². The Kier molecular flexibility index (Phi) is 10.0. The first-order valence-electron chi connectivity index (χ1n) is 6.89. The molecule has 98 valence electrons. The van der Waals surface area contributed by atoms with Gasteiger partial charge in [0.25, 0.3) is 0 Å². The third-order valence-corrected chi connectivity index (χ3v) is 2.97. The van der Waals surface area contributed by atoms with Crippen LogP contribution in [0.4, 0.5) is 0 Å². The summed E-state index contributed by atoms with van der Waals surface area (Å²) in [5, 5.41) is 9.40. The minimum Gasteiger partial charge on any atom is -0.393 e. The van der Waals surface area contributed by atoms with E-state index in [2.05, 4.69) is 13.8 Å². The van der Waals surface area contributed by atoms with E-state index in [-0.39, 0.29) is 12.2 Å². The maximum atomic E-state index is 9.40. The highest BCUT2D eigenvalue weighted by molar-refractivity contribution is 4.66. The molecule has 0 heterocycles. The first kappa shape index (κ1) is 15.9. The molecule has 0 amide bonds. The second-order valence-corrected chi connectivity index (χ2v) is 5.00. The van der Waals surface area contributed by atoms with Gasteiger partial charge in [-0.25, -0.2) is 0 Å². The molecule has 0 saturated heterocycles. The van der Waals surface area contributed by atoms with E-state index in [4.69, 9.17) is 4.74 Å². The Labute approximate surface area is 101 Å². The van der Waals surface area contributed by atoms with Gasteiger partial charge in [-0.05, 0) is 32.6 Å². The summed E-state index contributed by atoms with van der Waals surface area (Å²) in [5.74, 6) is 0.710. The highest BCUT2D eigenvalue weighted by Gasteiger charge is 2.15. The highest BCUT2D eigenvalue weighted by Crippen LogP contribution is 2.19. The van der Waals surface area contributed by atoms with Crippen molar-refractivity contribution in [1.82, 2.24) is 0 Å². The number of ether oxygens (including phenoxy) is 1. The smallest absolute Gasteiger partial charge is 0.0602 e. The number of hydrogen-bond donors (Lipinski definition) is 1. The third-order valence-electron chi connectivity index (χ3n) is 2.97. The Hall–Kier alpha value is -0.0800. The fraction of sp³-hybridized carbons (Fsp3) is 1.00. The highest BCUT2D eigenvalue weighted by atomic mass is 16.5. The minimum atomic E-state index is -0.251. The number of aliphatic hydroxyl groups excluding tert-OH is 1. The Balaban J connectivity index is 3.78. The summed E-state index contributed by atoms with van der Waals surface area (Å²) in [4.78, 5) is 0. The summed E-state index contributed by atoms with van der Waals surface area (Å²) in [6.07, 6.45) is 7.08. The van der Waals surface area contributed by atoms with Crippen molar-refractivity contribution in [1.29, 1.82) is 0 Å². The summed E-state index contributed by atoms with van der Waals surface area (Å²) < 4.78 is 5.67. The lowest BCUT2D eigenvalue weighted by molar-refractivity contribution is 0.0110. The van der Waals surface area contributed by atoms with E-state index in [1.165, 1.54) is 25.7 Å². The van der Waals surface area contributed by atoms with Crippen LogP contribution >= 0.6 is 0 Å². The van der Waals surface area contributed by atoms with Gasteiger partial charge in [0.2, 0.25) is 0 Å². The van der Waals surface area contributed by atoms with Crippen LogP contribution in [0.15, 0.2) is 0 Å². The number of unbranched alkanes of at least 4 members (excludes halogenated alkanes) is 2. The molecule has 0 rings (SSSR count). The van der Waals surface area contributed by atoms with Crippen molar-refractivity contribution >= 4 is 0 Å². The molecule has 0 aliphatic rings. The molecule has 2 nitrogen and oxygen atoms in total. The van der Waals surface area contributed by atoms with Crippen LogP contribution < -0.4 is 0 Å². The van der Waals surface area contributed by atoms with Crippen LogP contribution in [0.3, 0.4) is 0 Å². The zero-order valence-corrected chi connectivity index (χ0v) is 11.5. The third kappa shape index (κ3) is 9.17. The SMILES string of the molecule is CCCCCC(C)CC(CC(C)O)OCC. The molecule has 0 aromatic rings. The Morgan fingerprint density at radius 3 is 2.25 bits per heavy atom. The average molecular weight is 230 g/mol. The summed E-state index contributed by atoms with van der Waals surface area (Å²) in [7, 11) is 0. The molecule has 0 spiro atoms. The van der Waals surface area contributed by atoms with Crippen LogP contribution in [0, 0.1) is 5.92 Å². The molecular formula is C14H30O2. The van der Waals surface area contributed by atoms with Crippen LogP contribution in [0.25, 0.3) is 0 Å². The largest absolute Gasteiger partial charge is 0.393 e. The maximum absolute atomic E-state index is 9.40. The van der Waals surface area contributed by atoms with Gasteiger partial charge in [0.1, 0.15) is 0 Å². The molecule has 3 atom stereocenters. The van der Waals surface area contributed by atoms with E-state index in [9.17, 15) is 5.11 Å². The van der Waals surface area contributed by atoms with E-state index in [1.807, 2.05) is 13.8 Å². The molecule has 0 aliphatic carbocycles. The Bertz CT molecular complexity index is 146. The van der Waals surface area contributed by atoms with Gasteiger partial charge >= 0.3 is 0 Å². The normalized spacial score (nSPS) is 17.1. The van der Waals surface area contributed by atoms with E-state index in [1.54, 1.807) is 0 Å². The maximum Gasteiger partial charge on any atom is 0.0602 e. The Morgan fingerprint density at radius 1 is 1.06 bits per heavy atom. The van der Waals surface area contributed by atoms with E-state index < -0.39 is 0 Å². The molecule has 0 radical (unpaired) electrons. The molecule has 3 unspecified atom stereocenters. The van der Waals surface area contributed by atoms with Gasteiger partial charge in [0, 0.05) is 6.61 Å². The minimum absolute atomic E-state index is 0.238. The summed E-state index contributed by atoms with van der Waals surface area (Å²) in [5.41, 5.74) is 0. The summed E-state index contributed by atoms with van der Waals surface area (Å²) >= 11 is 0. The molecule has 16 heavy (non-hydrogen) atoms. The van der Waals surface area contributed by atoms with Crippen molar-refractivity contribution in [2.24, 2.45) is 5.92 Å². The quantitative estimate of drug-likeness (QED) is 0.579. The van der Waals surface area contributed by atoms with Gasteiger partial charge in [-0.1, -0.05) is 39.5 Å². The molecule has 0 aromatic carbocycles. The average Bonchev–Trinajstić information content (AvgIpc) is 2.17. The van der Waals surface area contributed by atoms with Crippen molar-refractivity contribution in [2.45, 2.75) is 78.4 Å². The van der Waals surface area contributed by atoms with Crippen molar-refractivity contribution in [3.05, 3.63) is 0 Å². The van der Waals surface area contributed by atoms with E-state index in [0.717, 1.165) is 19.4 Å². The fourth-order valence-corrected chi connectivity index (χ4v) is 2.16. The van der Waals surface area contributed by atoms with Gasteiger partial charge in [-0.2, -0.15) is 0 Å². The van der Waals surface area contributed by atoms with Crippen LogP contribution in [-0.2, 0) is 4.74 Å². The molecule has 0 aliphatic heterocycles. The van der Waals surface area contributed by atoms with Gasteiger partial charge in [-0.3, -0.25) is 0 Å². The lowest BCUT2D eigenvalue weighted by atomic mass is 9.95. The van der Waals surface area contributed by atoms with Gasteiger partial charge in [0.05, 0.1) is 12.2 Å². The number of hydrogen-bond acceptors (Lipinski definition) is 2. The molecule has 0 fully saturated rings. The number of rotatable bonds is 10. The van der Waals surface area contributed by atoms with Crippen LogP contribution in [-0.4, -0.2) is 23.9 Å². The first-order valence-corrected chi connectivity index (χ1v) is 6.89. The predicted molar refractivity (Wildman–Crippen MR) is 69.6 cm³/mol. The fourth-order valence-electron chi connectivity index (χ4n) is 2.16. The van der Waals surface area contributed by atoms with Crippen molar-refractivity contribution < 1.29 is 9.84 Å². The molecule has 0 saturated carbocycles. The monoisotopic (exact) mass is 230 g/mol. The van der Waals surface area contributed by atoms with Crippen molar-refractivity contribution in [3.8, 4) is 0 Å². The lowest BCUT2D eigenvalue weighted by Gasteiger charge is -2.22. The standard InChI is InChI=1S/C14H30O2/c1-5-7-8-9-12(3)10-14(16-6-2)11-13(4)15/h12-15H,5-11H2,1-4H3. The lowest BCUT2D eigenvalue weighted by Crippen LogP contribution is -2.21. The van der Waals surface area contributed by atoms with Crippen molar-refractivity contribution in [2.75, 3.05) is 6.61 Å². The molecule has 0 bridgehead atoms. The first-order chi connectivity index (χ1) is 7.60. The van der Waals surface area contributed by atoms with Crippen LogP contribution in [0.1, 0.15) is 66.2 Å². The predicted octanol–water partition coefficient (Wildman–Crippen LogP) is 3.77. The van der Waals surface area contributed by atoms with Gasteiger partial charge < -0.3 is 9.84 Å². The topological polar surface area (TPSA) is 29.5 Å². The van der Waals surface area contributed by atoms with Crippen LogP contribution in [0.5, 0.6) is 0 Å². The molecule has 2 heteroatoms. The van der Waals surface area contributed by atoms with Crippen LogP contribution in [0.2, 0.25) is 0 Å². The molecule has 1 N–H and O–H groups in total. The van der Waals surface area contributed by atoms with Gasteiger partial charge in [0.15, 0.2) is 0 Å². The van der Waals surface area contributed by atoms with Gasteiger partial charge in [-0.15, -0.1) is 0 Å². The zero-order valence-electron chi connectivity index (χ0n) is 11.5. The Morgan fingerprint density at radius 2 is 1.75 bits per heavy atom. The second kappa shape index (κ2) is 10.1. The summed E-state index contributed by atoms with van der Waals surface area (Å²) in [6, 6.07) is 0. The molecule has 0 aromatic heterocycles. The van der Waals surface area contributed by atoms with E-state index in [0.29, 0.717) is 5.92 Å². The number of aliphatic hydroxyl groups is 1. The molecular weight excluding hydrogens is 200 g/mol. The van der Waals surface area contributed by atoms with Crippen molar-refractivity contribution in [3.63, 3.8) is 0 Å². The summed E-state index contributed by atoms with van der Waals surface area (Å²) in [6.45, 7) is 9.15. The zero-order chi connectivity index (χ0) is 12.4.